The lowest BCUT2D eigenvalue weighted by atomic mass is 9.98. The SMILES string of the molecule is CCc1nc2ccccc2n1-c1nc(N2CCOCC2)c2nc(CN3CC(C(=O)N4CC[C@@H](O)C4)C3)n(C)c2n1. The first kappa shape index (κ1) is 25.4. The molecule has 0 unspecified atom stereocenters. The Morgan fingerprint density at radius 3 is 2.58 bits per heavy atom. The third-order valence-electron chi connectivity index (χ3n) is 8.38. The number of aliphatic hydroxyl groups excluding tert-OH is 1. The molecule has 0 spiro atoms. The first-order valence-electron chi connectivity index (χ1n) is 14.2. The molecule has 1 aromatic carbocycles. The summed E-state index contributed by atoms with van der Waals surface area (Å²) < 4.78 is 9.75. The molecule has 12 heteroatoms. The van der Waals surface area contributed by atoms with Crippen molar-refractivity contribution in [3.05, 3.63) is 35.9 Å². The van der Waals surface area contributed by atoms with Gasteiger partial charge in [0.15, 0.2) is 17.0 Å². The zero-order valence-corrected chi connectivity index (χ0v) is 23.0. The number of nitrogens with zero attached hydrogens (tertiary/aromatic N) is 9. The monoisotopic (exact) mass is 545 g/mol. The number of imidazole rings is 2. The second-order valence-electron chi connectivity index (χ2n) is 11.0. The number of para-hydroxylation sites is 2. The summed E-state index contributed by atoms with van der Waals surface area (Å²) >= 11 is 0. The van der Waals surface area contributed by atoms with Crippen molar-refractivity contribution in [3.8, 4) is 5.95 Å². The smallest absolute Gasteiger partial charge is 0.239 e. The summed E-state index contributed by atoms with van der Waals surface area (Å²) in [7, 11) is 2.01. The van der Waals surface area contributed by atoms with Crippen molar-refractivity contribution < 1.29 is 14.6 Å². The molecule has 3 saturated heterocycles. The summed E-state index contributed by atoms with van der Waals surface area (Å²) in [5.41, 5.74) is 3.47. The molecule has 0 aliphatic carbocycles. The zero-order chi connectivity index (χ0) is 27.4. The summed E-state index contributed by atoms with van der Waals surface area (Å²) in [4.78, 5) is 39.2. The maximum Gasteiger partial charge on any atom is 0.239 e. The summed E-state index contributed by atoms with van der Waals surface area (Å²) in [5.74, 6) is 3.35. The van der Waals surface area contributed by atoms with Crippen LogP contribution in [0.25, 0.3) is 28.1 Å². The number of aliphatic hydroxyl groups is 1. The lowest BCUT2D eigenvalue weighted by Gasteiger charge is -2.39. The normalized spacial score (nSPS) is 20.6. The van der Waals surface area contributed by atoms with Crippen molar-refractivity contribution >= 4 is 33.9 Å². The molecule has 3 aliphatic heterocycles. The van der Waals surface area contributed by atoms with E-state index < -0.39 is 0 Å². The zero-order valence-electron chi connectivity index (χ0n) is 23.0. The molecule has 12 nitrogen and oxygen atoms in total. The van der Waals surface area contributed by atoms with Gasteiger partial charge in [-0.3, -0.25) is 14.3 Å². The Kier molecular flexibility index (Phi) is 6.40. The fourth-order valence-corrected chi connectivity index (χ4v) is 6.11. The number of hydrogen-bond donors (Lipinski definition) is 1. The largest absolute Gasteiger partial charge is 0.391 e. The van der Waals surface area contributed by atoms with Crippen LogP contribution in [0.4, 0.5) is 5.82 Å². The Bertz CT molecular complexity index is 1570. The van der Waals surface area contributed by atoms with Gasteiger partial charge in [-0.2, -0.15) is 9.97 Å². The maximum atomic E-state index is 12.8. The minimum absolute atomic E-state index is 0.0164. The van der Waals surface area contributed by atoms with Crippen LogP contribution in [-0.2, 0) is 29.5 Å². The van der Waals surface area contributed by atoms with Gasteiger partial charge in [-0.25, -0.2) is 9.97 Å². The average Bonchev–Trinajstić information content (AvgIpc) is 3.65. The maximum absolute atomic E-state index is 12.8. The van der Waals surface area contributed by atoms with Crippen LogP contribution in [0.5, 0.6) is 0 Å². The number of anilines is 1. The van der Waals surface area contributed by atoms with Gasteiger partial charge >= 0.3 is 0 Å². The van der Waals surface area contributed by atoms with Crippen molar-refractivity contribution in [2.75, 3.05) is 57.4 Å². The molecule has 0 radical (unpaired) electrons. The van der Waals surface area contributed by atoms with Crippen LogP contribution in [0.3, 0.4) is 0 Å². The predicted octanol–water partition coefficient (Wildman–Crippen LogP) is 1.13. The van der Waals surface area contributed by atoms with Gasteiger partial charge in [-0.1, -0.05) is 19.1 Å². The number of carbonyl (C=O) groups is 1. The summed E-state index contributed by atoms with van der Waals surface area (Å²) in [5, 5.41) is 9.80. The van der Waals surface area contributed by atoms with Crippen molar-refractivity contribution in [1.29, 1.82) is 0 Å². The minimum Gasteiger partial charge on any atom is -0.391 e. The van der Waals surface area contributed by atoms with Gasteiger partial charge < -0.3 is 24.2 Å². The highest BCUT2D eigenvalue weighted by atomic mass is 16.5. The van der Waals surface area contributed by atoms with Crippen molar-refractivity contribution in [2.45, 2.75) is 32.4 Å². The second kappa shape index (κ2) is 10.1. The van der Waals surface area contributed by atoms with Crippen LogP contribution < -0.4 is 4.90 Å². The molecular weight excluding hydrogens is 510 g/mol. The molecule has 3 fully saturated rings. The van der Waals surface area contributed by atoms with Crippen LogP contribution >= 0.6 is 0 Å². The van der Waals surface area contributed by atoms with Crippen LogP contribution in [0.2, 0.25) is 0 Å². The Balaban J connectivity index is 1.22. The molecular formula is C28H35N9O3. The van der Waals surface area contributed by atoms with E-state index in [0.29, 0.717) is 58.3 Å². The van der Waals surface area contributed by atoms with Crippen molar-refractivity contribution in [1.82, 2.24) is 38.9 Å². The summed E-state index contributed by atoms with van der Waals surface area (Å²) in [6, 6.07) is 8.09. The Hall–Kier alpha value is -3.61. The van der Waals surface area contributed by atoms with E-state index in [0.717, 1.165) is 59.2 Å². The first-order chi connectivity index (χ1) is 19.5. The highest BCUT2D eigenvalue weighted by Gasteiger charge is 2.38. The molecule has 6 heterocycles. The van der Waals surface area contributed by atoms with Crippen LogP contribution in [0.15, 0.2) is 24.3 Å². The van der Waals surface area contributed by atoms with E-state index in [-0.39, 0.29) is 17.9 Å². The highest BCUT2D eigenvalue weighted by Crippen LogP contribution is 2.30. The van der Waals surface area contributed by atoms with Gasteiger partial charge in [0.1, 0.15) is 11.6 Å². The average molecular weight is 546 g/mol. The second-order valence-corrected chi connectivity index (χ2v) is 11.0. The number of aryl methyl sites for hydroxylation is 2. The number of benzene rings is 1. The molecule has 3 aliphatic rings. The fourth-order valence-electron chi connectivity index (χ4n) is 6.11. The highest BCUT2D eigenvalue weighted by molar-refractivity contribution is 5.86. The van der Waals surface area contributed by atoms with E-state index in [4.69, 9.17) is 24.7 Å². The third kappa shape index (κ3) is 4.30. The molecule has 7 rings (SSSR count). The number of likely N-dealkylation sites (tertiary alicyclic amines) is 2. The number of fused-ring (bicyclic) bond motifs is 2. The van der Waals surface area contributed by atoms with E-state index in [9.17, 15) is 9.90 Å². The summed E-state index contributed by atoms with van der Waals surface area (Å²) in [6.07, 6.45) is 1.04. The Morgan fingerprint density at radius 2 is 1.82 bits per heavy atom. The standard InChI is InChI=1S/C28H35N9O3/c1-3-22-29-20-6-4-5-7-21(20)37(22)28-31-25-24(26(32-28)35-10-12-40-13-11-35)30-23(33(25)2)17-34-14-18(15-34)27(39)36-9-8-19(38)16-36/h4-7,18-19,38H,3,8-17H2,1-2H3/t19-/m1/s1. The topological polar surface area (TPSA) is 118 Å². The lowest BCUT2D eigenvalue weighted by Crippen LogP contribution is -2.53. The lowest BCUT2D eigenvalue weighted by molar-refractivity contribution is -0.140. The molecule has 40 heavy (non-hydrogen) atoms. The molecule has 1 amide bonds. The fraction of sp³-hybridized carbons (Fsp3) is 0.536. The number of β-amino-alcohol motifs (C(OH)–C–C–N with tert-alkyl or cyclic N) is 1. The first-order valence-corrected chi connectivity index (χ1v) is 14.2. The van der Waals surface area contributed by atoms with Gasteiger partial charge in [-0.05, 0) is 18.6 Å². The van der Waals surface area contributed by atoms with Crippen LogP contribution in [-0.4, -0.2) is 108 Å². The molecule has 3 aromatic heterocycles. The Labute approximate surface area is 232 Å². The number of carbonyl (C=O) groups excluding carboxylic acids is 1. The molecule has 1 N–H and O–H groups in total. The van der Waals surface area contributed by atoms with E-state index >= 15 is 0 Å². The van der Waals surface area contributed by atoms with Crippen molar-refractivity contribution in [3.63, 3.8) is 0 Å². The number of amides is 1. The van der Waals surface area contributed by atoms with E-state index in [1.165, 1.54) is 0 Å². The van der Waals surface area contributed by atoms with E-state index in [1.54, 1.807) is 4.90 Å². The minimum atomic E-state index is -0.388. The third-order valence-corrected chi connectivity index (χ3v) is 8.38. The molecule has 0 saturated carbocycles. The van der Waals surface area contributed by atoms with Gasteiger partial charge in [0, 0.05) is 52.7 Å². The Morgan fingerprint density at radius 1 is 1.02 bits per heavy atom. The molecule has 0 bridgehead atoms. The number of hydrogen-bond acceptors (Lipinski definition) is 9. The number of aromatic nitrogens is 6. The summed E-state index contributed by atoms with van der Waals surface area (Å²) in [6.45, 7) is 8.00. The number of ether oxygens (including phenoxy) is 1. The molecule has 1 atom stereocenters. The van der Waals surface area contributed by atoms with Gasteiger partial charge in [-0.15, -0.1) is 0 Å². The van der Waals surface area contributed by atoms with Gasteiger partial charge in [0.2, 0.25) is 11.9 Å². The molecule has 210 valence electrons. The van der Waals surface area contributed by atoms with Gasteiger partial charge in [0.25, 0.3) is 0 Å². The van der Waals surface area contributed by atoms with E-state index in [2.05, 4.69) is 31.9 Å². The van der Waals surface area contributed by atoms with Crippen LogP contribution in [0.1, 0.15) is 25.0 Å². The van der Waals surface area contributed by atoms with Crippen molar-refractivity contribution in [2.24, 2.45) is 13.0 Å². The van der Waals surface area contributed by atoms with E-state index in [1.807, 2.05) is 25.2 Å². The number of rotatable bonds is 6. The number of morpholine rings is 1. The predicted molar refractivity (Wildman–Crippen MR) is 149 cm³/mol. The van der Waals surface area contributed by atoms with Gasteiger partial charge in [0.05, 0.1) is 42.8 Å². The quantitative estimate of drug-likeness (QED) is 0.380. The molecule has 4 aromatic rings. The van der Waals surface area contributed by atoms with Crippen LogP contribution in [0, 0.1) is 5.92 Å².